The van der Waals surface area contributed by atoms with E-state index in [9.17, 15) is 9.59 Å². The van der Waals surface area contributed by atoms with Crippen molar-refractivity contribution >= 4 is 17.5 Å². The van der Waals surface area contributed by atoms with Crippen molar-refractivity contribution in [1.82, 2.24) is 5.32 Å². The van der Waals surface area contributed by atoms with Gasteiger partial charge in [-0.15, -0.1) is 6.42 Å². The van der Waals surface area contributed by atoms with Crippen LogP contribution in [0.3, 0.4) is 0 Å². The molecular weight excluding hydrogens is 340 g/mol. The molecule has 27 heavy (non-hydrogen) atoms. The topological polar surface area (TPSA) is 67.4 Å². The van der Waals surface area contributed by atoms with E-state index in [0.717, 1.165) is 5.56 Å². The molecule has 0 aliphatic rings. The molecule has 2 N–H and O–H groups in total. The Bertz CT molecular complexity index is 866. The van der Waals surface area contributed by atoms with Gasteiger partial charge in [0.1, 0.15) is 5.75 Å². The molecule has 0 bridgehead atoms. The van der Waals surface area contributed by atoms with Gasteiger partial charge in [0.25, 0.3) is 5.91 Å². The van der Waals surface area contributed by atoms with Crippen LogP contribution in [0.2, 0.25) is 0 Å². The number of carbonyl (C=O) groups excluding carboxylic acids is 2. The molecule has 140 valence electrons. The fourth-order valence-corrected chi connectivity index (χ4v) is 2.66. The van der Waals surface area contributed by atoms with Crippen LogP contribution in [-0.4, -0.2) is 25.0 Å². The van der Waals surface area contributed by atoms with Crippen LogP contribution in [-0.2, 0) is 9.59 Å². The Balaban J connectivity index is 1.78. The lowest BCUT2D eigenvalue weighted by molar-refractivity contribution is -0.125. The van der Waals surface area contributed by atoms with Crippen molar-refractivity contribution in [2.75, 3.05) is 18.5 Å². The summed E-state index contributed by atoms with van der Waals surface area (Å²) in [7, 11) is 0. The average Bonchev–Trinajstić information content (AvgIpc) is 2.64. The summed E-state index contributed by atoms with van der Waals surface area (Å²) in [6.07, 6.45) is 5.33. The number of rotatable bonds is 7. The predicted molar refractivity (Wildman–Crippen MR) is 107 cm³/mol. The zero-order chi connectivity index (χ0) is 19.8. The fourth-order valence-electron chi connectivity index (χ4n) is 2.66. The van der Waals surface area contributed by atoms with Gasteiger partial charge in [0.15, 0.2) is 6.61 Å². The van der Waals surface area contributed by atoms with Crippen LogP contribution in [0.25, 0.3) is 0 Å². The molecule has 5 nitrogen and oxygen atoms in total. The van der Waals surface area contributed by atoms with Crippen molar-refractivity contribution in [2.24, 2.45) is 0 Å². The summed E-state index contributed by atoms with van der Waals surface area (Å²) in [5.74, 6) is 2.85. The largest absolute Gasteiger partial charge is 0.484 e. The number of ether oxygens (including phenoxy) is 1. The number of aryl methyl sites for hydroxylation is 1. The first-order valence-corrected chi connectivity index (χ1v) is 8.75. The molecular formula is C22H24N2O3. The molecule has 0 atom stereocenters. The second-order valence-corrected chi connectivity index (χ2v) is 6.51. The monoisotopic (exact) mass is 364 g/mol. The molecule has 5 heteroatoms. The highest BCUT2D eigenvalue weighted by Crippen LogP contribution is 2.23. The number of carbonyl (C=O) groups is 2. The number of amides is 2. The summed E-state index contributed by atoms with van der Waals surface area (Å²) >= 11 is 0. The average molecular weight is 364 g/mol. The lowest BCUT2D eigenvalue weighted by Gasteiger charge is -2.12. The molecule has 0 aliphatic carbocycles. The lowest BCUT2D eigenvalue weighted by atomic mass is 9.98. The van der Waals surface area contributed by atoms with Gasteiger partial charge in [-0.2, -0.15) is 0 Å². The van der Waals surface area contributed by atoms with Gasteiger partial charge in [0, 0.05) is 11.3 Å². The van der Waals surface area contributed by atoms with Crippen molar-refractivity contribution < 1.29 is 14.3 Å². The van der Waals surface area contributed by atoms with Crippen molar-refractivity contribution in [2.45, 2.75) is 26.7 Å². The Morgan fingerprint density at radius 2 is 1.93 bits per heavy atom. The molecule has 2 aromatic rings. The van der Waals surface area contributed by atoms with Gasteiger partial charge in [0.2, 0.25) is 5.91 Å². The van der Waals surface area contributed by atoms with Crippen LogP contribution < -0.4 is 15.4 Å². The van der Waals surface area contributed by atoms with E-state index in [1.165, 1.54) is 5.56 Å². The molecule has 0 unspecified atom stereocenters. The minimum absolute atomic E-state index is 0.145. The van der Waals surface area contributed by atoms with Gasteiger partial charge in [-0.3, -0.25) is 9.59 Å². The third-order valence-electron chi connectivity index (χ3n) is 3.99. The molecule has 0 saturated carbocycles. The fraction of sp³-hybridized carbons (Fsp3) is 0.273. The highest BCUT2D eigenvalue weighted by atomic mass is 16.5. The van der Waals surface area contributed by atoms with Gasteiger partial charge in [-0.1, -0.05) is 31.9 Å². The van der Waals surface area contributed by atoms with Crippen LogP contribution >= 0.6 is 0 Å². The summed E-state index contributed by atoms with van der Waals surface area (Å²) in [4.78, 5) is 23.8. The first-order valence-electron chi connectivity index (χ1n) is 8.75. The SMILES string of the molecule is C#Cc1cccc(NC(=O)CNC(=O)COc2ccc(C(C)C)c(C)c2)c1. The molecule has 2 amide bonds. The predicted octanol–water partition coefficient (Wildman–Crippen LogP) is 3.23. The highest BCUT2D eigenvalue weighted by Gasteiger charge is 2.09. The minimum Gasteiger partial charge on any atom is -0.484 e. The number of benzene rings is 2. The maximum Gasteiger partial charge on any atom is 0.258 e. The van der Waals surface area contributed by atoms with E-state index >= 15 is 0 Å². The van der Waals surface area contributed by atoms with Gasteiger partial charge in [-0.25, -0.2) is 0 Å². The summed E-state index contributed by atoms with van der Waals surface area (Å²) in [6.45, 7) is 5.98. The second-order valence-electron chi connectivity index (χ2n) is 6.51. The van der Waals surface area contributed by atoms with Gasteiger partial charge in [0.05, 0.1) is 6.54 Å². The van der Waals surface area contributed by atoms with Gasteiger partial charge < -0.3 is 15.4 Å². The number of hydrogen-bond acceptors (Lipinski definition) is 3. The summed E-state index contributed by atoms with van der Waals surface area (Å²) in [6, 6.07) is 12.7. The van der Waals surface area contributed by atoms with Crippen LogP contribution in [0.5, 0.6) is 5.75 Å². The maximum atomic E-state index is 11.9. The van der Waals surface area contributed by atoms with Crippen molar-refractivity contribution in [3.05, 3.63) is 59.2 Å². The Labute approximate surface area is 160 Å². The molecule has 0 radical (unpaired) electrons. The molecule has 0 heterocycles. The van der Waals surface area contributed by atoms with Crippen LogP contribution in [0.15, 0.2) is 42.5 Å². The zero-order valence-electron chi connectivity index (χ0n) is 15.8. The maximum absolute atomic E-state index is 11.9. The summed E-state index contributed by atoms with van der Waals surface area (Å²) < 4.78 is 5.50. The summed E-state index contributed by atoms with van der Waals surface area (Å²) in [5, 5.41) is 5.21. The second kappa shape index (κ2) is 9.44. The van der Waals surface area contributed by atoms with Crippen molar-refractivity contribution in [1.29, 1.82) is 0 Å². The number of terminal acetylenes is 1. The van der Waals surface area contributed by atoms with E-state index in [1.807, 2.05) is 25.1 Å². The third kappa shape index (κ3) is 6.19. The van der Waals surface area contributed by atoms with Crippen molar-refractivity contribution in [3.8, 4) is 18.1 Å². The molecule has 0 aromatic heterocycles. The van der Waals surface area contributed by atoms with Gasteiger partial charge in [-0.05, 0) is 54.3 Å². The number of nitrogens with one attached hydrogen (secondary N) is 2. The molecule has 2 aromatic carbocycles. The highest BCUT2D eigenvalue weighted by molar-refractivity contribution is 5.94. The minimum atomic E-state index is -0.367. The van der Waals surface area contributed by atoms with E-state index < -0.39 is 0 Å². The first-order chi connectivity index (χ1) is 12.9. The molecule has 0 aliphatic heterocycles. The Morgan fingerprint density at radius 3 is 2.59 bits per heavy atom. The molecule has 0 fully saturated rings. The van der Waals surface area contributed by atoms with Crippen molar-refractivity contribution in [3.63, 3.8) is 0 Å². The zero-order valence-corrected chi connectivity index (χ0v) is 15.8. The van der Waals surface area contributed by atoms with E-state index in [0.29, 0.717) is 22.9 Å². The smallest absolute Gasteiger partial charge is 0.258 e. The Hall–Kier alpha value is -3.26. The Morgan fingerprint density at radius 1 is 1.15 bits per heavy atom. The van der Waals surface area contributed by atoms with E-state index in [4.69, 9.17) is 11.2 Å². The first kappa shape index (κ1) is 20.1. The third-order valence-corrected chi connectivity index (χ3v) is 3.99. The molecule has 0 saturated heterocycles. The van der Waals surface area contributed by atoms with Crippen LogP contribution in [0, 0.1) is 19.3 Å². The van der Waals surface area contributed by atoms with Gasteiger partial charge >= 0.3 is 0 Å². The standard InChI is InChI=1S/C22H24N2O3/c1-5-17-7-6-8-18(12-17)24-21(25)13-23-22(26)14-27-19-9-10-20(15(2)3)16(4)11-19/h1,6-12,15H,13-14H2,2-4H3,(H,23,26)(H,24,25). The van der Waals surface area contributed by atoms with Crippen LogP contribution in [0.1, 0.15) is 36.5 Å². The number of hydrogen-bond donors (Lipinski definition) is 2. The normalized spacial score (nSPS) is 10.2. The van der Waals surface area contributed by atoms with E-state index in [2.05, 4.69) is 30.4 Å². The van der Waals surface area contributed by atoms with E-state index in [1.54, 1.807) is 24.3 Å². The Kier molecular flexibility index (Phi) is 7.01. The summed E-state index contributed by atoms with van der Waals surface area (Å²) in [5.41, 5.74) is 3.62. The number of anilines is 1. The molecule has 0 spiro atoms. The quantitative estimate of drug-likeness (QED) is 0.741. The van der Waals surface area contributed by atoms with E-state index in [-0.39, 0.29) is 25.0 Å². The lowest BCUT2D eigenvalue weighted by Crippen LogP contribution is -2.35. The molecule has 2 rings (SSSR count). The van der Waals surface area contributed by atoms with Crippen LogP contribution in [0.4, 0.5) is 5.69 Å².